The maximum absolute atomic E-state index is 12.2. The number of halogens is 2. The van der Waals surface area contributed by atoms with E-state index in [9.17, 15) is 9.59 Å². The number of methoxy groups -OCH3 is 1. The molecule has 0 saturated heterocycles. The van der Waals surface area contributed by atoms with Gasteiger partial charge in [0.15, 0.2) is 11.9 Å². The van der Waals surface area contributed by atoms with Crippen LogP contribution in [0.5, 0.6) is 5.75 Å². The average Bonchev–Trinajstić information content (AvgIpc) is 2.95. The van der Waals surface area contributed by atoms with E-state index >= 15 is 0 Å². The van der Waals surface area contributed by atoms with E-state index < -0.39 is 11.1 Å². The Bertz CT molecular complexity index is 1550. The normalized spacial score (nSPS) is 21.9. The number of hydrogen-bond donors (Lipinski definition) is 2. The Morgan fingerprint density at radius 2 is 1.24 bits per heavy atom. The van der Waals surface area contributed by atoms with E-state index in [0.717, 1.165) is 32.5 Å². The molecular formula is C31H38BrIN6O3. The first-order valence-corrected chi connectivity index (χ1v) is 13.9. The topological polar surface area (TPSA) is 127 Å². The van der Waals surface area contributed by atoms with Crippen LogP contribution in [0, 0.1) is 0 Å². The molecule has 224 valence electrons. The number of nitrogens with zero attached hydrogens (tertiary/aromatic N) is 4. The first-order valence-electron chi connectivity index (χ1n) is 13.1. The molecule has 2 amide bonds. The highest BCUT2D eigenvalue weighted by Gasteiger charge is 2.37. The Hall–Kier alpha value is -3.45. The van der Waals surface area contributed by atoms with Gasteiger partial charge in [0.25, 0.3) is 0 Å². The Balaban J connectivity index is 0.000000302. The summed E-state index contributed by atoms with van der Waals surface area (Å²) < 4.78 is 6.26. The smallest absolute Gasteiger partial charge is 0.231 e. The second kappa shape index (κ2) is 13.2. The molecule has 2 unspecified atom stereocenters. The summed E-state index contributed by atoms with van der Waals surface area (Å²) in [6, 6.07) is 23.7. The highest BCUT2D eigenvalue weighted by molar-refractivity contribution is 14.0. The predicted molar refractivity (Wildman–Crippen MR) is 183 cm³/mol. The van der Waals surface area contributed by atoms with Crippen LogP contribution in [0.3, 0.4) is 0 Å². The molecule has 3 aromatic carbocycles. The van der Waals surface area contributed by atoms with Gasteiger partial charge >= 0.3 is 0 Å². The molecule has 4 N–H and O–H groups in total. The van der Waals surface area contributed by atoms with Crippen LogP contribution < -0.4 is 16.2 Å². The fraction of sp³-hybridized carbons (Fsp3) is 0.290. The molecule has 2 aliphatic rings. The van der Waals surface area contributed by atoms with Gasteiger partial charge in [-0.1, -0.05) is 58.4 Å². The molecule has 0 spiro atoms. The number of rotatable bonds is 4. The summed E-state index contributed by atoms with van der Waals surface area (Å²) in [6.45, 7) is 3.86. The minimum atomic E-state index is -0.650. The highest BCUT2D eigenvalue weighted by Crippen LogP contribution is 2.36. The molecule has 0 aromatic heterocycles. The van der Waals surface area contributed by atoms with E-state index in [1.165, 1.54) is 9.80 Å². The van der Waals surface area contributed by atoms with Crippen molar-refractivity contribution < 1.29 is 15.8 Å². The van der Waals surface area contributed by atoms with Gasteiger partial charge < -0.3 is 16.2 Å². The third-order valence-electron chi connectivity index (χ3n) is 7.48. The molecule has 0 aliphatic carbocycles. The third-order valence-corrected chi connectivity index (χ3v) is 7.98. The lowest BCUT2D eigenvalue weighted by atomic mass is 9.86. The molecule has 2 heterocycles. The van der Waals surface area contributed by atoms with Crippen molar-refractivity contribution in [2.24, 2.45) is 21.5 Å². The van der Waals surface area contributed by atoms with Gasteiger partial charge in [0, 0.05) is 20.0 Å². The van der Waals surface area contributed by atoms with Crippen LogP contribution in [-0.2, 0) is 20.7 Å². The van der Waals surface area contributed by atoms with E-state index in [1.54, 1.807) is 21.2 Å². The van der Waals surface area contributed by atoms with Crippen LogP contribution in [-0.4, -0.2) is 54.7 Å². The molecule has 5 rings (SSSR count). The molecule has 3 aromatic rings. The minimum Gasteiger partial charge on any atom is -0.497 e. The van der Waals surface area contributed by atoms with Gasteiger partial charge in [0.2, 0.25) is 11.8 Å². The maximum Gasteiger partial charge on any atom is 0.231 e. The zero-order valence-corrected chi connectivity index (χ0v) is 28.2. The van der Waals surface area contributed by atoms with Gasteiger partial charge in [-0.15, -0.1) is 24.0 Å². The van der Waals surface area contributed by atoms with Gasteiger partial charge in [-0.2, -0.15) is 0 Å². The molecule has 42 heavy (non-hydrogen) atoms. The summed E-state index contributed by atoms with van der Waals surface area (Å²) in [5, 5.41) is 0. The van der Waals surface area contributed by atoms with Gasteiger partial charge in [0.1, 0.15) is 5.75 Å². The van der Waals surface area contributed by atoms with Gasteiger partial charge in [-0.25, -0.2) is 9.98 Å². The zero-order chi connectivity index (χ0) is 29.9. The summed E-state index contributed by atoms with van der Waals surface area (Å²) in [4.78, 5) is 35.8. The Morgan fingerprint density at radius 3 is 1.71 bits per heavy atom. The van der Waals surface area contributed by atoms with Crippen LogP contribution in [0.2, 0.25) is 0 Å². The summed E-state index contributed by atoms with van der Waals surface area (Å²) in [7, 11) is 4.94. The number of nitrogens with two attached hydrogens (primary N) is 2. The van der Waals surface area contributed by atoms with Crippen LogP contribution in [0.25, 0.3) is 11.1 Å². The van der Waals surface area contributed by atoms with E-state index in [-0.39, 0.29) is 49.1 Å². The molecule has 9 nitrogen and oxygen atoms in total. The van der Waals surface area contributed by atoms with Crippen LogP contribution >= 0.6 is 39.9 Å². The van der Waals surface area contributed by atoms with Crippen molar-refractivity contribution in [3.05, 3.63) is 88.4 Å². The van der Waals surface area contributed by atoms with Crippen molar-refractivity contribution in [2.45, 2.75) is 37.8 Å². The molecule has 0 fully saturated rings. The summed E-state index contributed by atoms with van der Waals surface area (Å²) in [6.07, 6.45) is 0.631. The first kappa shape index (κ1) is 33.1. The minimum absolute atomic E-state index is 0. The number of benzene rings is 3. The van der Waals surface area contributed by atoms with Gasteiger partial charge in [-0.05, 0) is 66.4 Å². The molecule has 2 aliphatic heterocycles. The van der Waals surface area contributed by atoms with E-state index in [4.69, 9.17) is 16.2 Å². The zero-order valence-electron chi connectivity index (χ0n) is 24.3. The maximum atomic E-state index is 12.2. The lowest BCUT2D eigenvalue weighted by Crippen LogP contribution is -2.47. The largest absolute Gasteiger partial charge is 0.497 e. The third kappa shape index (κ3) is 7.12. The van der Waals surface area contributed by atoms with Crippen molar-refractivity contribution in [2.75, 3.05) is 21.2 Å². The van der Waals surface area contributed by atoms with Crippen molar-refractivity contribution >= 4 is 63.6 Å². The van der Waals surface area contributed by atoms with E-state index in [1.807, 2.05) is 80.6 Å². The average molecular weight is 749 g/mol. The Morgan fingerprint density at radius 1 is 0.786 bits per heavy atom. The van der Waals surface area contributed by atoms with Crippen molar-refractivity contribution in [1.82, 2.24) is 9.80 Å². The quantitative estimate of drug-likeness (QED) is 0.343. The second-order valence-corrected chi connectivity index (χ2v) is 11.5. The number of hydrogen-bond acceptors (Lipinski definition) is 7. The predicted octanol–water partition coefficient (Wildman–Crippen LogP) is 5.46. The molecular weight excluding hydrogens is 711 g/mol. The molecule has 0 bridgehead atoms. The highest BCUT2D eigenvalue weighted by atomic mass is 127. The van der Waals surface area contributed by atoms with Crippen LogP contribution in [0.1, 0.15) is 39.2 Å². The van der Waals surface area contributed by atoms with Crippen molar-refractivity contribution in [1.29, 1.82) is 0 Å². The first-order chi connectivity index (χ1) is 19.3. The van der Waals surface area contributed by atoms with Crippen molar-refractivity contribution in [3.8, 4) is 16.9 Å². The number of amides is 2. The Labute approximate surface area is 273 Å². The van der Waals surface area contributed by atoms with E-state index in [0.29, 0.717) is 12.8 Å². The summed E-state index contributed by atoms with van der Waals surface area (Å²) in [5.41, 5.74) is 14.5. The number of carbonyl (C=O) groups is 2. The summed E-state index contributed by atoms with van der Waals surface area (Å²) in [5.74, 6) is 1.28. The number of carbonyl (C=O) groups excluding carboxylic acids is 2. The lowest BCUT2D eigenvalue weighted by Gasteiger charge is -2.33. The molecule has 11 heteroatoms. The fourth-order valence-electron chi connectivity index (χ4n) is 4.81. The standard InChI is InChI=1S/C19H21N3O2.C12H14BrN3O.HI.H2/c1-19(12-17(23)22(2)18(20)21-19)15-8-4-6-13(10-15)14-7-5-9-16(11-14)24-3;1-12(8-4-3-5-9(13)6-8)7-10(17)16(2)11(14)15-12;;/h4-11H,12H2,1-3H3,(H2,20,21);3-6H,7H2,1-2H3,(H2,14,15);2*1H. The molecule has 0 saturated carbocycles. The number of guanidine groups is 2. The molecule has 2 atom stereocenters. The number of ether oxygens (including phenoxy) is 1. The fourth-order valence-corrected chi connectivity index (χ4v) is 5.21. The Kier molecular flexibility index (Phi) is 10.4. The lowest BCUT2D eigenvalue weighted by molar-refractivity contribution is -0.129. The monoisotopic (exact) mass is 748 g/mol. The van der Waals surface area contributed by atoms with Crippen LogP contribution in [0.15, 0.2) is 87.3 Å². The second-order valence-electron chi connectivity index (χ2n) is 10.6. The SMILES string of the molecule is CN1C(=O)CC(C)(c2cccc(Br)c2)N=C1N.COc1cccc(-c2cccc(C3(C)CC(=O)N(C)C(N)=N3)c2)c1.I.[HH]. The van der Waals surface area contributed by atoms with Crippen molar-refractivity contribution in [3.63, 3.8) is 0 Å². The van der Waals surface area contributed by atoms with E-state index in [2.05, 4.69) is 32.0 Å². The van der Waals surface area contributed by atoms with Crippen LogP contribution in [0.4, 0.5) is 0 Å². The van der Waals surface area contributed by atoms with Gasteiger partial charge in [-0.3, -0.25) is 19.4 Å². The number of aliphatic imine (C=N–C) groups is 2. The molecule has 0 radical (unpaired) electrons. The summed E-state index contributed by atoms with van der Waals surface area (Å²) >= 11 is 3.42. The van der Waals surface area contributed by atoms with Gasteiger partial charge in [0.05, 0.1) is 31.0 Å².